The van der Waals surface area contributed by atoms with Gasteiger partial charge in [-0.15, -0.1) is 0 Å². The molecule has 1 fully saturated rings. The zero-order valence-electron chi connectivity index (χ0n) is 12.2. The minimum absolute atomic E-state index is 0.0147. The second-order valence-electron chi connectivity index (χ2n) is 5.93. The van der Waals surface area contributed by atoms with Gasteiger partial charge < -0.3 is 15.2 Å². The van der Waals surface area contributed by atoms with Crippen molar-refractivity contribution in [3.05, 3.63) is 28.7 Å². The third-order valence-electron chi connectivity index (χ3n) is 3.57. The third kappa shape index (κ3) is 3.85. The molecule has 0 bridgehead atoms. The molecule has 1 heterocycles. The Bertz CT molecular complexity index is 532. The number of aromatic nitrogens is 1. The zero-order valence-corrected chi connectivity index (χ0v) is 12.2. The minimum Gasteiger partial charge on any atom is -0.398 e. The Morgan fingerprint density at radius 1 is 1.45 bits per heavy atom. The van der Waals surface area contributed by atoms with E-state index in [1.54, 1.807) is 6.07 Å². The van der Waals surface area contributed by atoms with Crippen LogP contribution in [0.15, 0.2) is 23.1 Å². The van der Waals surface area contributed by atoms with Gasteiger partial charge in [-0.2, -0.15) is 0 Å². The highest BCUT2D eigenvalue weighted by Gasteiger charge is 2.32. The first-order chi connectivity index (χ1) is 9.47. The van der Waals surface area contributed by atoms with Gasteiger partial charge in [0.1, 0.15) is 6.54 Å². The molecule has 0 saturated heterocycles. The summed E-state index contributed by atoms with van der Waals surface area (Å²) in [5.41, 5.74) is 5.98. The van der Waals surface area contributed by atoms with Crippen LogP contribution in [-0.4, -0.2) is 28.0 Å². The van der Waals surface area contributed by atoms with Crippen LogP contribution in [0.2, 0.25) is 0 Å². The van der Waals surface area contributed by atoms with Gasteiger partial charge in [0.25, 0.3) is 5.56 Å². The molecule has 0 atom stereocenters. The van der Waals surface area contributed by atoms with Crippen LogP contribution in [0.4, 0.5) is 5.69 Å². The molecule has 0 radical (unpaired) electrons. The quantitative estimate of drug-likeness (QED) is 0.856. The largest absolute Gasteiger partial charge is 0.398 e. The highest BCUT2D eigenvalue weighted by molar-refractivity contribution is 5.76. The maximum Gasteiger partial charge on any atom is 0.251 e. The van der Waals surface area contributed by atoms with E-state index in [2.05, 4.69) is 13.8 Å². The fourth-order valence-corrected chi connectivity index (χ4v) is 2.20. The van der Waals surface area contributed by atoms with Crippen molar-refractivity contribution in [3.8, 4) is 0 Å². The predicted octanol–water partition coefficient (Wildman–Crippen LogP) is 1.47. The maximum absolute atomic E-state index is 12.4. The molecule has 1 aromatic rings. The Morgan fingerprint density at radius 3 is 2.75 bits per heavy atom. The molecule has 1 saturated carbocycles. The number of nitrogens with zero attached hydrogens (tertiary/aromatic N) is 2. The van der Waals surface area contributed by atoms with Crippen molar-refractivity contribution in [2.24, 2.45) is 5.92 Å². The van der Waals surface area contributed by atoms with Crippen molar-refractivity contribution < 1.29 is 4.79 Å². The van der Waals surface area contributed by atoms with Crippen molar-refractivity contribution in [1.82, 2.24) is 9.47 Å². The Hall–Kier alpha value is -1.78. The summed E-state index contributed by atoms with van der Waals surface area (Å²) in [5.74, 6) is 0.583. The number of carbonyl (C=O) groups excluding carboxylic acids is 1. The molecule has 2 N–H and O–H groups in total. The van der Waals surface area contributed by atoms with Crippen LogP contribution >= 0.6 is 0 Å². The normalized spacial score (nSPS) is 14.6. The summed E-state index contributed by atoms with van der Waals surface area (Å²) in [4.78, 5) is 26.0. The lowest BCUT2D eigenvalue weighted by Crippen LogP contribution is -2.38. The van der Waals surface area contributed by atoms with Crippen molar-refractivity contribution in [2.75, 3.05) is 12.3 Å². The molecule has 0 aliphatic heterocycles. The summed E-state index contributed by atoms with van der Waals surface area (Å²) in [7, 11) is 0. The van der Waals surface area contributed by atoms with E-state index < -0.39 is 0 Å². The van der Waals surface area contributed by atoms with Gasteiger partial charge in [-0.3, -0.25) is 9.59 Å². The minimum atomic E-state index is -0.188. The lowest BCUT2D eigenvalue weighted by molar-refractivity contribution is -0.132. The number of rotatable bonds is 6. The molecular formula is C15H23N3O2. The van der Waals surface area contributed by atoms with Gasteiger partial charge in [0.15, 0.2) is 0 Å². The van der Waals surface area contributed by atoms with Crippen LogP contribution in [0, 0.1) is 5.92 Å². The smallest absolute Gasteiger partial charge is 0.251 e. The molecule has 5 nitrogen and oxygen atoms in total. The van der Waals surface area contributed by atoms with E-state index in [0.717, 1.165) is 25.8 Å². The molecule has 1 aliphatic rings. The monoisotopic (exact) mass is 277 g/mol. The van der Waals surface area contributed by atoms with Gasteiger partial charge in [-0.25, -0.2) is 0 Å². The molecule has 110 valence electrons. The highest BCUT2D eigenvalue weighted by atomic mass is 16.2. The molecule has 0 unspecified atom stereocenters. The third-order valence-corrected chi connectivity index (χ3v) is 3.57. The molecule has 1 amide bonds. The lowest BCUT2D eigenvalue weighted by Gasteiger charge is -2.23. The van der Waals surface area contributed by atoms with Crippen LogP contribution in [-0.2, 0) is 11.3 Å². The first-order valence-corrected chi connectivity index (χ1v) is 7.23. The summed E-state index contributed by atoms with van der Waals surface area (Å²) < 4.78 is 1.39. The van der Waals surface area contributed by atoms with Crippen molar-refractivity contribution in [1.29, 1.82) is 0 Å². The predicted molar refractivity (Wildman–Crippen MR) is 79.3 cm³/mol. The van der Waals surface area contributed by atoms with Crippen LogP contribution < -0.4 is 11.3 Å². The molecule has 1 aliphatic carbocycles. The molecule has 0 aromatic carbocycles. The number of nitrogen functional groups attached to an aromatic ring is 1. The van der Waals surface area contributed by atoms with E-state index in [-0.39, 0.29) is 18.0 Å². The summed E-state index contributed by atoms with van der Waals surface area (Å²) in [6, 6.07) is 3.33. The first-order valence-electron chi connectivity index (χ1n) is 7.23. The van der Waals surface area contributed by atoms with E-state index in [9.17, 15) is 9.59 Å². The molecule has 2 rings (SSSR count). The molecular weight excluding hydrogens is 254 g/mol. The van der Waals surface area contributed by atoms with Crippen LogP contribution in [0.5, 0.6) is 0 Å². The second-order valence-corrected chi connectivity index (χ2v) is 5.93. The summed E-state index contributed by atoms with van der Waals surface area (Å²) in [6.45, 7) is 5.16. The Morgan fingerprint density at radius 2 is 2.15 bits per heavy atom. The number of pyridine rings is 1. The Balaban J connectivity index is 2.04. The van der Waals surface area contributed by atoms with Crippen molar-refractivity contribution >= 4 is 11.6 Å². The summed E-state index contributed by atoms with van der Waals surface area (Å²) in [6.07, 6.45) is 4.69. The summed E-state index contributed by atoms with van der Waals surface area (Å²) >= 11 is 0. The highest BCUT2D eigenvalue weighted by Crippen LogP contribution is 2.27. The zero-order chi connectivity index (χ0) is 14.7. The number of carbonyl (C=O) groups is 1. The number of amides is 1. The lowest BCUT2D eigenvalue weighted by atomic mass is 10.1. The average Bonchev–Trinajstić information content (AvgIpc) is 3.18. The van der Waals surface area contributed by atoms with Crippen LogP contribution in [0.25, 0.3) is 0 Å². The summed E-state index contributed by atoms with van der Waals surface area (Å²) in [5, 5.41) is 0. The van der Waals surface area contributed by atoms with Gasteiger partial charge in [0.2, 0.25) is 5.91 Å². The van der Waals surface area contributed by atoms with Gasteiger partial charge in [0, 0.05) is 30.5 Å². The van der Waals surface area contributed by atoms with E-state index in [0.29, 0.717) is 17.6 Å². The number of hydrogen-bond acceptors (Lipinski definition) is 3. The number of hydrogen-bond donors (Lipinski definition) is 1. The van der Waals surface area contributed by atoms with E-state index >= 15 is 0 Å². The number of nitrogens with two attached hydrogens (primary N) is 1. The second kappa shape index (κ2) is 6.11. The van der Waals surface area contributed by atoms with E-state index in [4.69, 9.17) is 5.73 Å². The molecule has 5 heteroatoms. The van der Waals surface area contributed by atoms with Crippen molar-refractivity contribution in [2.45, 2.75) is 45.7 Å². The Labute approximate surface area is 119 Å². The Kier molecular flexibility index (Phi) is 4.47. The standard InChI is InChI=1S/C15H23N3O2/c1-11(2)7-8-18(13-4-5-13)15(20)10-17-9-12(16)3-6-14(17)19/h3,6,9,11,13H,4-5,7-8,10,16H2,1-2H3. The van der Waals surface area contributed by atoms with Gasteiger partial charge in [-0.1, -0.05) is 13.8 Å². The average molecular weight is 277 g/mol. The molecule has 1 aromatic heterocycles. The fraction of sp³-hybridized carbons (Fsp3) is 0.600. The maximum atomic E-state index is 12.4. The van der Waals surface area contributed by atoms with E-state index in [1.807, 2.05) is 4.90 Å². The van der Waals surface area contributed by atoms with Crippen molar-refractivity contribution in [3.63, 3.8) is 0 Å². The molecule has 20 heavy (non-hydrogen) atoms. The van der Waals surface area contributed by atoms with Gasteiger partial charge >= 0.3 is 0 Å². The van der Waals surface area contributed by atoms with E-state index in [1.165, 1.54) is 16.8 Å². The van der Waals surface area contributed by atoms with Gasteiger partial charge in [-0.05, 0) is 31.2 Å². The first kappa shape index (κ1) is 14.6. The topological polar surface area (TPSA) is 68.3 Å². The van der Waals surface area contributed by atoms with Gasteiger partial charge in [0.05, 0.1) is 0 Å². The van der Waals surface area contributed by atoms with Crippen LogP contribution in [0.3, 0.4) is 0 Å². The molecule has 0 spiro atoms. The fourth-order valence-electron chi connectivity index (χ4n) is 2.20. The number of anilines is 1. The SMILES string of the molecule is CC(C)CCN(C(=O)Cn1cc(N)ccc1=O)C1CC1. The van der Waals surface area contributed by atoms with Crippen LogP contribution in [0.1, 0.15) is 33.1 Å².